The van der Waals surface area contributed by atoms with E-state index in [1.807, 2.05) is 6.07 Å². The van der Waals surface area contributed by atoms with Crippen molar-refractivity contribution in [2.24, 2.45) is 0 Å². The first kappa shape index (κ1) is 27.0. The van der Waals surface area contributed by atoms with Gasteiger partial charge in [-0.3, -0.25) is 4.79 Å². The predicted octanol–water partition coefficient (Wildman–Crippen LogP) is 6.88. The molecule has 0 saturated heterocycles. The summed E-state index contributed by atoms with van der Waals surface area (Å²) in [5.74, 6) is -0.328. The van der Waals surface area contributed by atoms with Crippen LogP contribution in [0, 0.1) is 0 Å². The van der Waals surface area contributed by atoms with E-state index in [0.29, 0.717) is 12.2 Å². The van der Waals surface area contributed by atoms with Crippen molar-refractivity contribution in [2.75, 3.05) is 6.61 Å². The average Bonchev–Trinajstić information content (AvgIpc) is 3.25. The number of esters is 1. The number of rotatable bonds is 18. The molecule has 1 heterocycles. The Kier molecular flexibility index (Phi) is 14.1. The molecule has 1 N–H and O–H groups in total. The first-order valence-corrected chi connectivity index (χ1v) is 15.1. The van der Waals surface area contributed by atoms with E-state index in [0.717, 1.165) is 36.4 Å². The molecule has 1 atom stereocenters. The third-order valence-corrected chi connectivity index (χ3v) is 12.0. The predicted molar refractivity (Wildman–Crippen MR) is 128 cm³/mol. The fourth-order valence-electron chi connectivity index (χ4n) is 4.19. The minimum absolute atomic E-state index is 0.00430. The van der Waals surface area contributed by atoms with Gasteiger partial charge in [0.1, 0.15) is 8.07 Å². The van der Waals surface area contributed by atoms with Gasteiger partial charge in [-0.2, -0.15) is 0 Å². The molecule has 0 saturated carbocycles. The molecular formula is C25H46O4Si. The maximum absolute atomic E-state index is 12.1. The Bertz CT molecular complexity index is 557. The molecule has 0 aliphatic heterocycles. The molecule has 5 heteroatoms. The molecule has 1 rings (SSSR count). The van der Waals surface area contributed by atoms with Crippen LogP contribution in [0.25, 0.3) is 0 Å². The molecule has 0 bridgehead atoms. The molecule has 0 radical (unpaired) electrons. The second-order valence-electron chi connectivity index (χ2n) is 8.71. The summed E-state index contributed by atoms with van der Waals surface area (Å²) in [6.07, 6.45) is 13.3. The summed E-state index contributed by atoms with van der Waals surface area (Å²) in [5.41, 5.74) is 0.702. The highest BCUT2D eigenvalue weighted by Gasteiger charge is 2.33. The highest BCUT2D eigenvalue weighted by Crippen LogP contribution is 2.24. The van der Waals surface area contributed by atoms with Crippen LogP contribution in [0.5, 0.6) is 0 Å². The number of aliphatic hydroxyl groups is 1. The molecule has 0 aliphatic rings. The minimum Gasteiger partial charge on any atom is -0.474 e. The zero-order valence-electron chi connectivity index (χ0n) is 20.0. The maximum Gasteiger partial charge on any atom is 0.308 e. The Labute approximate surface area is 185 Å². The van der Waals surface area contributed by atoms with E-state index in [1.165, 1.54) is 51.4 Å². The molecule has 0 spiro atoms. The van der Waals surface area contributed by atoms with Gasteiger partial charge in [0.25, 0.3) is 0 Å². The van der Waals surface area contributed by atoms with Crippen molar-refractivity contribution in [3.8, 4) is 0 Å². The van der Waals surface area contributed by atoms with Crippen molar-refractivity contribution in [1.82, 2.24) is 0 Å². The van der Waals surface area contributed by atoms with Crippen molar-refractivity contribution in [2.45, 2.75) is 123 Å². The summed E-state index contributed by atoms with van der Waals surface area (Å²) in [4.78, 5) is 12.1. The van der Waals surface area contributed by atoms with Crippen LogP contribution in [0.2, 0.25) is 18.1 Å². The number of hydrogen-bond acceptors (Lipinski definition) is 4. The fraction of sp³-hybridized carbons (Fsp3) is 0.800. The lowest BCUT2D eigenvalue weighted by atomic mass is 10.1. The number of ether oxygens (including phenoxy) is 1. The fourth-order valence-corrected chi connectivity index (χ4v) is 7.51. The molecule has 1 aromatic rings. The van der Waals surface area contributed by atoms with Gasteiger partial charge in [0, 0.05) is 5.56 Å². The Hall–Kier alpha value is -1.07. The van der Waals surface area contributed by atoms with Crippen LogP contribution in [0.15, 0.2) is 16.7 Å². The molecule has 0 aliphatic carbocycles. The van der Waals surface area contributed by atoms with Crippen LogP contribution >= 0.6 is 0 Å². The van der Waals surface area contributed by atoms with Gasteiger partial charge in [0.05, 0.1) is 30.8 Å². The number of aliphatic hydroxyl groups excluding tert-OH is 1. The largest absolute Gasteiger partial charge is 0.474 e. The van der Waals surface area contributed by atoms with Gasteiger partial charge in [-0.25, -0.2) is 0 Å². The van der Waals surface area contributed by atoms with Gasteiger partial charge in [-0.15, -0.1) is 0 Å². The van der Waals surface area contributed by atoms with E-state index >= 15 is 0 Å². The van der Waals surface area contributed by atoms with Gasteiger partial charge in [0.2, 0.25) is 0 Å². The van der Waals surface area contributed by atoms with Gasteiger partial charge in [-0.1, -0.05) is 104 Å². The Morgan fingerprint density at radius 1 is 0.933 bits per heavy atom. The van der Waals surface area contributed by atoms with Crippen molar-refractivity contribution >= 4 is 19.4 Å². The Morgan fingerprint density at radius 3 is 2.00 bits per heavy atom. The summed E-state index contributed by atoms with van der Waals surface area (Å²) >= 11 is 0. The standard InChI is InChI=1S/C25H46O4Si/c1-5-9-10-11-12-13-14-15-16-17-18-28-24(27)20-23(26)22-19-25(29-21-22)30(6-2,7-3)8-4/h19,21,23,26H,5-18,20H2,1-4H3. The summed E-state index contributed by atoms with van der Waals surface area (Å²) in [7, 11) is -1.60. The summed E-state index contributed by atoms with van der Waals surface area (Å²) < 4.78 is 11.2. The summed E-state index contributed by atoms with van der Waals surface area (Å²) in [6, 6.07) is 5.36. The van der Waals surface area contributed by atoms with Crippen molar-refractivity contribution in [3.63, 3.8) is 0 Å². The van der Waals surface area contributed by atoms with Gasteiger partial charge in [0.15, 0.2) is 0 Å². The third kappa shape index (κ3) is 9.38. The van der Waals surface area contributed by atoms with Crippen LogP contribution < -0.4 is 5.38 Å². The van der Waals surface area contributed by atoms with E-state index in [4.69, 9.17) is 9.15 Å². The molecule has 0 amide bonds. The van der Waals surface area contributed by atoms with Crippen molar-refractivity contribution < 1.29 is 19.1 Å². The number of carbonyl (C=O) groups is 1. The van der Waals surface area contributed by atoms with E-state index < -0.39 is 14.2 Å². The number of unbranched alkanes of at least 4 members (excludes halogenated alkanes) is 9. The maximum atomic E-state index is 12.1. The first-order chi connectivity index (χ1) is 14.5. The molecule has 174 valence electrons. The highest BCUT2D eigenvalue weighted by atomic mass is 28.3. The van der Waals surface area contributed by atoms with E-state index in [2.05, 4.69) is 27.7 Å². The molecular weight excluding hydrogens is 392 g/mol. The second kappa shape index (κ2) is 15.7. The van der Waals surface area contributed by atoms with Crippen LogP contribution in [0.4, 0.5) is 0 Å². The van der Waals surface area contributed by atoms with Crippen molar-refractivity contribution in [3.05, 3.63) is 17.9 Å². The lowest BCUT2D eigenvalue weighted by Gasteiger charge is -2.24. The zero-order chi connectivity index (χ0) is 22.2. The topological polar surface area (TPSA) is 59.7 Å². The molecule has 1 aromatic heterocycles. The van der Waals surface area contributed by atoms with Gasteiger partial charge in [-0.05, 0) is 12.5 Å². The van der Waals surface area contributed by atoms with Crippen LogP contribution in [-0.4, -0.2) is 25.8 Å². The Morgan fingerprint density at radius 2 is 1.47 bits per heavy atom. The minimum atomic E-state index is -1.60. The summed E-state index contributed by atoms with van der Waals surface area (Å²) in [5, 5.41) is 11.5. The average molecular weight is 439 g/mol. The molecule has 0 fully saturated rings. The number of furan rings is 1. The lowest BCUT2D eigenvalue weighted by molar-refractivity contribution is -0.146. The van der Waals surface area contributed by atoms with Gasteiger partial charge < -0.3 is 14.3 Å². The van der Waals surface area contributed by atoms with Crippen molar-refractivity contribution in [1.29, 1.82) is 0 Å². The SMILES string of the molecule is CCCCCCCCCCCCOC(=O)CC(O)c1coc([Si](CC)(CC)CC)c1. The monoisotopic (exact) mass is 438 g/mol. The molecule has 0 aromatic carbocycles. The van der Waals surface area contributed by atoms with E-state index in [9.17, 15) is 9.90 Å². The smallest absolute Gasteiger partial charge is 0.308 e. The van der Waals surface area contributed by atoms with Crippen LogP contribution in [0.3, 0.4) is 0 Å². The van der Waals surface area contributed by atoms with Crippen LogP contribution in [0.1, 0.15) is 110 Å². The quantitative estimate of drug-likeness (QED) is 0.154. The third-order valence-electron chi connectivity index (χ3n) is 6.68. The molecule has 30 heavy (non-hydrogen) atoms. The second-order valence-corrected chi connectivity index (χ2v) is 13.9. The van der Waals surface area contributed by atoms with Gasteiger partial charge >= 0.3 is 5.97 Å². The van der Waals surface area contributed by atoms with E-state index in [1.54, 1.807) is 6.26 Å². The zero-order valence-corrected chi connectivity index (χ0v) is 21.0. The molecule has 1 unspecified atom stereocenters. The normalized spacial score (nSPS) is 12.8. The number of hydrogen-bond donors (Lipinski definition) is 1. The highest BCUT2D eigenvalue weighted by molar-refractivity contribution is 6.90. The molecule has 4 nitrogen and oxygen atoms in total. The lowest BCUT2D eigenvalue weighted by Crippen LogP contribution is -2.44. The number of carbonyl (C=O) groups excluding carboxylic acids is 1. The Balaban J connectivity index is 2.20. The first-order valence-electron chi connectivity index (χ1n) is 12.5. The van der Waals surface area contributed by atoms with Crippen LogP contribution in [-0.2, 0) is 9.53 Å². The van der Waals surface area contributed by atoms with E-state index in [-0.39, 0.29) is 12.4 Å². The summed E-state index contributed by atoms with van der Waals surface area (Å²) in [6.45, 7) is 9.38.